The van der Waals surface area contributed by atoms with Crippen LogP contribution in [0.2, 0.25) is 0 Å². The summed E-state index contributed by atoms with van der Waals surface area (Å²) < 4.78 is 9.80. The van der Waals surface area contributed by atoms with Gasteiger partial charge in [0.1, 0.15) is 17.9 Å². The summed E-state index contributed by atoms with van der Waals surface area (Å²) in [4.78, 5) is 19.5. The normalized spacial score (nSPS) is 11.0. The second-order valence-electron chi connectivity index (χ2n) is 3.83. The van der Waals surface area contributed by atoms with Crippen molar-refractivity contribution in [1.29, 1.82) is 0 Å². The van der Waals surface area contributed by atoms with Crippen molar-refractivity contribution < 1.29 is 19.1 Å². The number of nitrogens with zero attached hydrogens (tertiary/aromatic N) is 2. The van der Waals surface area contributed by atoms with Gasteiger partial charge in [-0.1, -0.05) is 29.9 Å². The summed E-state index contributed by atoms with van der Waals surface area (Å²) in [6.45, 7) is 3.14. The van der Waals surface area contributed by atoms with Crippen molar-refractivity contribution in [3.05, 3.63) is 49.4 Å². The van der Waals surface area contributed by atoms with Crippen LogP contribution in [0.3, 0.4) is 0 Å². The minimum absolute atomic E-state index is 0.0241. The summed E-state index contributed by atoms with van der Waals surface area (Å²) >= 11 is 0. The molecule has 0 saturated carbocycles. The topological polar surface area (TPSA) is 96.0 Å². The van der Waals surface area contributed by atoms with Crippen LogP contribution in [-0.2, 0) is 9.57 Å². The van der Waals surface area contributed by atoms with Gasteiger partial charge >= 0.3 is 6.16 Å². The van der Waals surface area contributed by atoms with Gasteiger partial charge in [0, 0.05) is 11.6 Å². The van der Waals surface area contributed by atoms with E-state index in [9.17, 15) is 4.79 Å². The maximum absolute atomic E-state index is 10.9. The van der Waals surface area contributed by atoms with E-state index in [-0.39, 0.29) is 12.4 Å². The van der Waals surface area contributed by atoms with E-state index in [0.29, 0.717) is 11.3 Å². The van der Waals surface area contributed by atoms with Crippen LogP contribution in [-0.4, -0.2) is 23.6 Å². The number of hydrogen-bond donors (Lipinski definition) is 1. The van der Waals surface area contributed by atoms with Gasteiger partial charge in [0.15, 0.2) is 5.84 Å². The van der Waals surface area contributed by atoms with Crippen LogP contribution in [0.15, 0.2) is 54.5 Å². The monoisotopic (exact) mass is 287 g/mol. The number of amidine groups is 1. The Morgan fingerprint density at radius 3 is 3.00 bits per heavy atom. The van der Waals surface area contributed by atoms with Gasteiger partial charge in [-0.25, -0.2) is 4.79 Å². The number of rotatable bonds is 5. The molecule has 0 unspecified atom stereocenters. The van der Waals surface area contributed by atoms with Crippen molar-refractivity contribution >= 4 is 22.9 Å². The van der Waals surface area contributed by atoms with Crippen molar-refractivity contribution in [3.8, 4) is 5.75 Å². The fourth-order valence-corrected chi connectivity index (χ4v) is 1.56. The summed E-state index contributed by atoms with van der Waals surface area (Å²) in [5.74, 6) is 0.531. The van der Waals surface area contributed by atoms with E-state index in [1.54, 1.807) is 12.3 Å². The lowest BCUT2D eigenvalue weighted by Gasteiger charge is -2.07. The molecule has 1 aromatic heterocycles. The Kier molecular flexibility index (Phi) is 4.70. The third-order valence-electron chi connectivity index (χ3n) is 2.39. The van der Waals surface area contributed by atoms with Gasteiger partial charge in [0.25, 0.3) is 0 Å². The standard InChI is InChI=1S/C14H13N3O4/c1-2-19-14(18)21-17-12(15)9-20-11-7-3-5-10-6-4-8-16-13(10)11/h2-8H,1,9H2,(H2,15,17). The smallest absolute Gasteiger partial charge is 0.483 e. The molecule has 0 saturated heterocycles. The second kappa shape index (κ2) is 6.90. The molecule has 0 aliphatic carbocycles. The number of pyridine rings is 1. The molecule has 7 heteroatoms. The van der Waals surface area contributed by atoms with Crippen molar-refractivity contribution in [2.45, 2.75) is 0 Å². The highest BCUT2D eigenvalue weighted by atomic mass is 16.8. The average Bonchev–Trinajstić information content (AvgIpc) is 2.51. The number of carbonyl (C=O) groups excluding carboxylic acids is 1. The number of oxime groups is 1. The summed E-state index contributed by atoms with van der Waals surface area (Å²) in [5.41, 5.74) is 6.26. The van der Waals surface area contributed by atoms with Crippen LogP contribution in [0.25, 0.3) is 10.9 Å². The number of nitrogens with two attached hydrogens (primary N) is 1. The lowest BCUT2D eigenvalue weighted by molar-refractivity contribution is 0.0872. The molecule has 2 rings (SSSR count). The quantitative estimate of drug-likeness (QED) is 0.226. The predicted octanol–water partition coefficient (Wildman–Crippen LogP) is 2.18. The van der Waals surface area contributed by atoms with Crippen molar-refractivity contribution in [2.75, 3.05) is 6.61 Å². The lowest BCUT2D eigenvalue weighted by Crippen LogP contribution is -2.22. The first-order valence-electron chi connectivity index (χ1n) is 5.98. The Bertz CT molecular complexity index is 679. The summed E-state index contributed by atoms with van der Waals surface area (Å²) in [6, 6.07) is 9.27. The number of ether oxygens (including phenoxy) is 2. The molecule has 108 valence electrons. The second-order valence-corrected chi connectivity index (χ2v) is 3.83. The molecule has 7 nitrogen and oxygen atoms in total. The third-order valence-corrected chi connectivity index (χ3v) is 2.39. The van der Waals surface area contributed by atoms with Crippen molar-refractivity contribution in [2.24, 2.45) is 10.9 Å². The van der Waals surface area contributed by atoms with E-state index >= 15 is 0 Å². The molecule has 0 amide bonds. The Balaban J connectivity index is 2.00. The first kappa shape index (κ1) is 14.3. The molecule has 0 spiro atoms. The molecular weight excluding hydrogens is 274 g/mol. The van der Waals surface area contributed by atoms with Gasteiger partial charge < -0.3 is 15.2 Å². The molecule has 0 radical (unpaired) electrons. The van der Waals surface area contributed by atoms with Crippen LogP contribution in [0.1, 0.15) is 0 Å². The van der Waals surface area contributed by atoms with E-state index in [1.165, 1.54) is 0 Å². The van der Waals surface area contributed by atoms with Crippen LogP contribution in [0, 0.1) is 0 Å². The summed E-state index contributed by atoms with van der Waals surface area (Å²) in [7, 11) is 0. The van der Waals surface area contributed by atoms with Gasteiger partial charge in [-0.3, -0.25) is 9.82 Å². The molecule has 1 heterocycles. The van der Waals surface area contributed by atoms with Gasteiger partial charge in [-0.05, 0) is 12.1 Å². The molecule has 0 fully saturated rings. The number of carbonyl (C=O) groups is 1. The molecule has 0 bridgehead atoms. The molecule has 0 atom stereocenters. The maximum Gasteiger partial charge on any atom is 0.540 e. The largest absolute Gasteiger partial charge is 0.540 e. The number of benzene rings is 1. The minimum atomic E-state index is -1.03. The molecular formula is C14H13N3O4. The number of para-hydroxylation sites is 1. The molecule has 0 aliphatic rings. The van der Waals surface area contributed by atoms with Crippen LogP contribution < -0.4 is 10.5 Å². The first-order chi connectivity index (χ1) is 10.2. The Morgan fingerprint density at radius 1 is 1.38 bits per heavy atom. The molecule has 0 aliphatic heterocycles. The van der Waals surface area contributed by atoms with Crippen LogP contribution in [0.5, 0.6) is 5.75 Å². The molecule has 2 aromatic rings. The lowest BCUT2D eigenvalue weighted by atomic mass is 10.2. The minimum Gasteiger partial charge on any atom is -0.483 e. The van der Waals surface area contributed by atoms with Gasteiger partial charge in [0.2, 0.25) is 0 Å². The SMILES string of the molecule is C=COC(=O)O/N=C(\N)COc1cccc2cccnc12. The van der Waals surface area contributed by atoms with E-state index in [2.05, 4.69) is 26.3 Å². The fourth-order valence-electron chi connectivity index (χ4n) is 1.56. The highest BCUT2D eigenvalue weighted by Crippen LogP contribution is 2.22. The van der Waals surface area contributed by atoms with Crippen molar-refractivity contribution in [3.63, 3.8) is 0 Å². The maximum atomic E-state index is 10.9. The van der Waals surface area contributed by atoms with E-state index in [4.69, 9.17) is 10.5 Å². The number of aromatic nitrogens is 1. The molecule has 21 heavy (non-hydrogen) atoms. The van der Waals surface area contributed by atoms with Gasteiger partial charge in [-0.15, -0.1) is 0 Å². The highest BCUT2D eigenvalue weighted by molar-refractivity contribution is 5.85. The number of hydrogen-bond acceptors (Lipinski definition) is 6. The predicted molar refractivity (Wildman–Crippen MR) is 76.6 cm³/mol. The van der Waals surface area contributed by atoms with E-state index in [0.717, 1.165) is 11.6 Å². The molecule has 1 aromatic carbocycles. The summed E-state index contributed by atoms with van der Waals surface area (Å²) in [5, 5.41) is 4.31. The Hall–Kier alpha value is -3.09. The van der Waals surface area contributed by atoms with Crippen LogP contribution >= 0.6 is 0 Å². The average molecular weight is 287 g/mol. The van der Waals surface area contributed by atoms with Gasteiger partial charge in [-0.2, -0.15) is 0 Å². The van der Waals surface area contributed by atoms with Gasteiger partial charge in [0.05, 0.1) is 6.26 Å². The third kappa shape index (κ3) is 3.93. The zero-order chi connectivity index (χ0) is 15.1. The van der Waals surface area contributed by atoms with E-state index < -0.39 is 6.16 Å². The number of fused-ring (bicyclic) bond motifs is 1. The van der Waals surface area contributed by atoms with Crippen LogP contribution in [0.4, 0.5) is 4.79 Å². The Morgan fingerprint density at radius 2 is 2.19 bits per heavy atom. The first-order valence-corrected chi connectivity index (χ1v) is 5.98. The zero-order valence-electron chi connectivity index (χ0n) is 11.1. The fraction of sp³-hybridized carbons (Fsp3) is 0.0714. The zero-order valence-corrected chi connectivity index (χ0v) is 11.1. The molecule has 2 N–H and O–H groups in total. The van der Waals surface area contributed by atoms with Crippen molar-refractivity contribution in [1.82, 2.24) is 4.98 Å². The highest BCUT2D eigenvalue weighted by Gasteiger charge is 2.05. The van der Waals surface area contributed by atoms with E-state index in [1.807, 2.05) is 24.3 Å². The summed E-state index contributed by atoms with van der Waals surface area (Å²) in [6.07, 6.45) is 1.56. The Labute approximate surface area is 120 Å².